The summed E-state index contributed by atoms with van der Waals surface area (Å²) in [5.41, 5.74) is 5.67. The minimum atomic E-state index is -0.0569. The average molecular weight is 177 g/mol. The van der Waals surface area contributed by atoms with Crippen molar-refractivity contribution in [2.24, 2.45) is 11.7 Å². The standard InChI is InChI=1S/C7H13ClN2O/c8-10-7(11)5-1-3-6(9)4-2-5/h5-6H,1-4,9H2,(H,10,11). The summed E-state index contributed by atoms with van der Waals surface area (Å²) in [6.07, 6.45) is 3.63. The van der Waals surface area contributed by atoms with Crippen LogP contribution in [0.4, 0.5) is 0 Å². The quantitative estimate of drug-likeness (QED) is 0.580. The van der Waals surface area contributed by atoms with Gasteiger partial charge in [-0.3, -0.25) is 9.63 Å². The number of nitrogens with one attached hydrogen (secondary N) is 1. The van der Waals surface area contributed by atoms with Gasteiger partial charge in [-0.05, 0) is 25.7 Å². The minimum Gasteiger partial charge on any atom is -0.328 e. The van der Waals surface area contributed by atoms with Gasteiger partial charge in [0.1, 0.15) is 0 Å². The molecule has 0 aliphatic heterocycles. The van der Waals surface area contributed by atoms with Crippen molar-refractivity contribution < 1.29 is 4.79 Å². The maximum atomic E-state index is 11.0. The van der Waals surface area contributed by atoms with Gasteiger partial charge in [0.15, 0.2) is 0 Å². The molecule has 0 aromatic rings. The maximum Gasteiger partial charge on any atom is 0.237 e. The minimum absolute atomic E-state index is 0.0569. The highest BCUT2D eigenvalue weighted by atomic mass is 35.5. The summed E-state index contributed by atoms with van der Waals surface area (Å²) in [5, 5.41) is 0. The van der Waals surface area contributed by atoms with Crippen molar-refractivity contribution in [3.63, 3.8) is 0 Å². The molecule has 0 saturated heterocycles. The van der Waals surface area contributed by atoms with Gasteiger partial charge in [-0.25, -0.2) is 0 Å². The van der Waals surface area contributed by atoms with Crippen LogP contribution in [-0.4, -0.2) is 11.9 Å². The van der Waals surface area contributed by atoms with Gasteiger partial charge in [0.25, 0.3) is 0 Å². The first-order valence-corrected chi connectivity index (χ1v) is 4.28. The third-order valence-corrected chi connectivity index (χ3v) is 2.42. The molecule has 4 heteroatoms. The van der Waals surface area contributed by atoms with Gasteiger partial charge < -0.3 is 5.73 Å². The molecule has 0 atom stereocenters. The van der Waals surface area contributed by atoms with E-state index in [0.717, 1.165) is 25.7 Å². The number of carbonyl (C=O) groups excluding carboxylic acids is 1. The van der Waals surface area contributed by atoms with E-state index < -0.39 is 0 Å². The van der Waals surface area contributed by atoms with Crippen LogP contribution in [0.2, 0.25) is 0 Å². The number of rotatable bonds is 1. The van der Waals surface area contributed by atoms with Crippen LogP contribution in [0, 0.1) is 5.92 Å². The molecule has 1 amide bonds. The van der Waals surface area contributed by atoms with Crippen molar-refractivity contribution in [2.45, 2.75) is 31.7 Å². The molecular formula is C7H13ClN2O. The first kappa shape index (κ1) is 8.81. The Bertz CT molecular complexity index is 143. The number of nitrogens with two attached hydrogens (primary N) is 1. The Morgan fingerprint density at radius 1 is 1.36 bits per heavy atom. The summed E-state index contributed by atoms with van der Waals surface area (Å²) >= 11 is 5.19. The Kier molecular flexibility index (Phi) is 3.15. The second-order valence-corrected chi connectivity index (χ2v) is 3.26. The number of hydrogen-bond donors (Lipinski definition) is 2. The van der Waals surface area contributed by atoms with Gasteiger partial charge in [-0.2, -0.15) is 0 Å². The van der Waals surface area contributed by atoms with Crippen molar-refractivity contribution in [1.29, 1.82) is 0 Å². The van der Waals surface area contributed by atoms with Crippen LogP contribution in [0.15, 0.2) is 0 Å². The molecule has 0 unspecified atom stereocenters. The molecule has 1 aliphatic carbocycles. The third kappa shape index (κ3) is 2.34. The maximum absolute atomic E-state index is 11.0. The zero-order valence-electron chi connectivity index (χ0n) is 6.35. The predicted molar refractivity (Wildman–Crippen MR) is 43.9 cm³/mol. The van der Waals surface area contributed by atoms with E-state index in [1.54, 1.807) is 0 Å². The van der Waals surface area contributed by atoms with E-state index in [1.807, 2.05) is 0 Å². The van der Waals surface area contributed by atoms with Gasteiger partial charge in [0.05, 0.1) is 0 Å². The van der Waals surface area contributed by atoms with Crippen molar-refractivity contribution in [3.05, 3.63) is 0 Å². The van der Waals surface area contributed by atoms with Crippen LogP contribution in [0.25, 0.3) is 0 Å². The fourth-order valence-electron chi connectivity index (χ4n) is 1.46. The second kappa shape index (κ2) is 3.93. The third-order valence-electron chi connectivity index (χ3n) is 2.24. The molecule has 1 aliphatic rings. The van der Waals surface area contributed by atoms with Crippen molar-refractivity contribution in [2.75, 3.05) is 0 Å². The van der Waals surface area contributed by atoms with Gasteiger partial charge in [-0.1, -0.05) is 0 Å². The number of halogens is 1. The van der Waals surface area contributed by atoms with E-state index in [0.29, 0.717) is 0 Å². The largest absolute Gasteiger partial charge is 0.328 e. The van der Waals surface area contributed by atoms with E-state index in [1.165, 1.54) is 0 Å². The first-order chi connectivity index (χ1) is 5.24. The Balaban J connectivity index is 2.33. The number of hydrogen-bond acceptors (Lipinski definition) is 2. The number of amides is 1. The second-order valence-electron chi connectivity index (χ2n) is 3.07. The van der Waals surface area contributed by atoms with E-state index in [2.05, 4.69) is 4.84 Å². The van der Waals surface area contributed by atoms with Crippen molar-refractivity contribution in [3.8, 4) is 0 Å². The summed E-state index contributed by atoms with van der Waals surface area (Å²) in [4.78, 5) is 13.1. The molecule has 0 aromatic heterocycles. The first-order valence-electron chi connectivity index (χ1n) is 3.90. The van der Waals surface area contributed by atoms with Gasteiger partial charge in [0.2, 0.25) is 5.91 Å². The highest BCUT2D eigenvalue weighted by molar-refractivity contribution is 6.21. The Labute approximate surface area is 71.4 Å². The van der Waals surface area contributed by atoms with Crippen LogP contribution in [-0.2, 0) is 4.79 Å². The molecule has 11 heavy (non-hydrogen) atoms. The molecule has 0 heterocycles. The molecule has 1 fully saturated rings. The summed E-state index contributed by atoms with van der Waals surface area (Å²) in [5.74, 6) is 0.0332. The fourth-order valence-corrected chi connectivity index (χ4v) is 1.61. The Morgan fingerprint density at radius 2 is 1.91 bits per heavy atom. The summed E-state index contributed by atoms with van der Waals surface area (Å²) in [6.45, 7) is 0. The lowest BCUT2D eigenvalue weighted by Gasteiger charge is -2.23. The fraction of sp³-hybridized carbons (Fsp3) is 0.857. The summed E-state index contributed by atoms with van der Waals surface area (Å²) in [6, 6.07) is 0.286. The Morgan fingerprint density at radius 3 is 2.36 bits per heavy atom. The molecule has 3 nitrogen and oxygen atoms in total. The normalized spacial score (nSPS) is 31.5. The van der Waals surface area contributed by atoms with Crippen molar-refractivity contribution in [1.82, 2.24) is 4.84 Å². The lowest BCUT2D eigenvalue weighted by atomic mass is 9.86. The topological polar surface area (TPSA) is 55.1 Å². The van der Waals surface area contributed by atoms with Gasteiger partial charge >= 0.3 is 0 Å². The van der Waals surface area contributed by atoms with E-state index >= 15 is 0 Å². The highest BCUT2D eigenvalue weighted by Crippen LogP contribution is 2.23. The average Bonchev–Trinajstić information content (AvgIpc) is 2.05. The molecule has 3 N–H and O–H groups in total. The number of carbonyl (C=O) groups is 1. The van der Waals surface area contributed by atoms with Crippen molar-refractivity contribution >= 4 is 17.7 Å². The molecule has 1 rings (SSSR count). The molecule has 64 valence electrons. The lowest BCUT2D eigenvalue weighted by Crippen LogP contribution is -2.32. The monoisotopic (exact) mass is 176 g/mol. The Hall–Kier alpha value is -0.280. The molecule has 1 saturated carbocycles. The summed E-state index contributed by atoms with van der Waals surface area (Å²) < 4.78 is 0. The summed E-state index contributed by atoms with van der Waals surface area (Å²) in [7, 11) is 0. The highest BCUT2D eigenvalue weighted by Gasteiger charge is 2.23. The van der Waals surface area contributed by atoms with Crippen LogP contribution in [0.1, 0.15) is 25.7 Å². The SMILES string of the molecule is NC1CCC(C(=O)NCl)CC1. The molecule has 0 radical (unpaired) electrons. The molecule has 0 aromatic carbocycles. The molecule has 0 bridgehead atoms. The van der Waals surface area contributed by atoms with Crippen LogP contribution in [0.5, 0.6) is 0 Å². The molecule has 0 spiro atoms. The zero-order valence-corrected chi connectivity index (χ0v) is 7.10. The van der Waals surface area contributed by atoms with E-state index in [9.17, 15) is 4.79 Å². The van der Waals surface area contributed by atoms with E-state index in [-0.39, 0.29) is 17.9 Å². The van der Waals surface area contributed by atoms with Gasteiger partial charge in [-0.15, -0.1) is 0 Å². The van der Waals surface area contributed by atoms with Crippen LogP contribution in [0.3, 0.4) is 0 Å². The van der Waals surface area contributed by atoms with Crippen LogP contribution < -0.4 is 10.6 Å². The smallest absolute Gasteiger partial charge is 0.237 e. The zero-order chi connectivity index (χ0) is 8.27. The lowest BCUT2D eigenvalue weighted by molar-refractivity contribution is -0.124. The van der Waals surface area contributed by atoms with E-state index in [4.69, 9.17) is 17.5 Å². The van der Waals surface area contributed by atoms with Crippen LogP contribution >= 0.6 is 11.8 Å². The predicted octanol–water partition coefficient (Wildman–Crippen LogP) is 0.774. The molecular weight excluding hydrogens is 164 g/mol. The van der Waals surface area contributed by atoms with Gasteiger partial charge in [0, 0.05) is 23.7 Å².